The number of halogens is 1. The zero-order valence-electron chi connectivity index (χ0n) is 12.0. The van der Waals surface area contributed by atoms with Gasteiger partial charge in [0.1, 0.15) is 0 Å². The molecule has 2 rings (SSSR count). The molecule has 3 heteroatoms. The van der Waals surface area contributed by atoms with Gasteiger partial charge in [0.05, 0.1) is 0 Å². The molecule has 0 bridgehead atoms. The molecule has 19 heavy (non-hydrogen) atoms. The molecule has 0 fully saturated rings. The lowest BCUT2D eigenvalue weighted by atomic mass is 9.91. The van der Waals surface area contributed by atoms with Crippen molar-refractivity contribution in [2.24, 2.45) is 5.41 Å². The summed E-state index contributed by atoms with van der Waals surface area (Å²) in [4.78, 5) is 14.5. The number of nitrogens with zero attached hydrogens (tertiary/aromatic N) is 1. The highest BCUT2D eigenvalue weighted by molar-refractivity contribution is 9.09. The number of rotatable bonds is 2. The number of carbonyl (C=O) groups excluding carboxylic acids is 1. The summed E-state index contributed by atoms with van der Waals surface area (Å²) in [5.41, 5.74) is 3.47. The van der Waals surface area contributed by atoms with E-state index in [-0.39, 0.29) is 11.3 Å². The smallest absolute Gasteiger partial charge is 0.232 e. The Morgan fingerprint density at radius 1 is 1.37 bits per heavy atom. The van der Waals surface area contributed by atoms with Crippen LogP contribution in [0.5, 0.6) is 0 Å². The minimum absolute atomic E-state index is 0.224. The predicted molar refractivity (Wildman–Crippen MR) is 84.1 cm³/mol. The van der Waals surface area contributed by atoms with Crippen molar-refractivity contribution in [3.63, 3.8) is 0 Å². The van der Waals surface area contributed by atoms with Gasteiger partial charge in [-0.1, -0.05) is 48.8 Å². The maximum atomic E-state index is 12.5. The van der Waals surface area contributed by atoms with E-state index in [1.807, 2.05) is 25.7 Å². The van der Waals surface area contributed by atoms with Crippen molar-refractivity contribution in [2.75, 3.05) is 16.8 Å². The van der Waals surface area contributed by atoms with Gasteiger partial charge in [0.25, 0.3) is 0 Å². The second-order valence-electron chi connectivity index (χ2n) is 6.21. The molecule has 1 heterocycles. The molecule has 0 saturated heterocycles. The fraction of sp³-hybridized carbons (Fsp3) is 0.562. The lowest BCUT2D eigenvalue weighted by Gasteiger charge is -2.34. The minimum atomic E-state index is -0.316. The number of fused-ring (bicyclic) bond motifs is 1. The molecule has 0 aliphatic carbocycles. The molecular weight excluding hydrogens is 302 g/mol. The molecule has 1 aromatic rings. The zero-order valence-corrected chi connectivity index (χ0v) is 13.6. The fourth-order valence-electron chi connectivity index (χ4n) is 2.53. The highest BCUT2D eigenvalue weighted by Crippen LogP contribution is 2.31. The Balaban J connectivity index is 2.32. The lowest BCUT2D eigenvalue weighted by Crippen LogP contribution is -2.42. The van der Waals surface area contributed by atoms with Gasteiger partial charge in [-0.15, -0.1) is 0 Å². The van der Waals surface area contributed by atoms with Gasteiger partial charge in [-0.3, -0.25) is 4.79 Å². The Morgan fingerprint density at radius 3 is 2.74 bits per heavy atom. The van der Waals surface area contributed by atoms with Gasteiger partial charge < -0.3 is 4.90 Å². The van der Waals surface area contributed by atoms with Crippen LogP contribution >= 0.6 is 15.9 Å². The average molecular weight is 324 g/mol. The van der Waals surface area contributed by atoms with Crippen molar-refractivity contribution in [1.29, 1.82) is 0 Å². The van der Waals surface area contributed by atoms with Crippen molar-refractivity contribution >= 4 is 27.5 Å². The molecule has 0 atom stereocenters. The fourth-order valence-corrected chi connectivity index (χ4v) is 2.99. The third-order valence-electron chi connectivity index (χ3n) is 3.53. The monoisotopic (exact) mass is 323 g/mol. The first-order valence-corrected chi connectivity index (χ1v) is 8.05. The summed E-state index contributed by atoms with van der Waals surface area (Å²) in [7, 11) is 0. The van der Waals surface area contributed by atoms with E-state index in [1.54, 1.807) is 0 Å². The van der Waals surface area contributed by atoms with Crippen molar-refractivity contribution < 1.29 is 4.79 Å². The molecule has 104 valence electrons. The Labute approximate surface area is 124 Å². The maximum Gasteiger partial charge on any atom is 0.232 e. The van der Waals surface area contributed by atoms with Crippen molar-refractivity contribution in [2.45, 2.75) is 40.0 Å². The van der Waals surface area contributed by atoms with Crippen molar-refractivity contribution in [1.82, 2.24) is 0 Å². The first-order valence-electron chi connectivity index (χ1n) is 6.93. The molecular formula is C16H22BrNO. The quantitative estimate of drug-likeness (QED) is 0.755. The summed E-state index contributed by atoms with van der Waals surface area (Å²) in [5.74, 6) is 0.224. The van der Waals surface area contributed by atoms with E-state index in [2.05, 4.69) is 34.1 Å². The zero-order chi connectivity index (χ0) is 14.0. The average Bonchev–Trinajstić information content (AvgIpc) is 2.36. The Hall–Kier alpha value is -0.830. The Morgan fingerprint density at radius 2 is 2.11 bits per heavy atom. The van der Waals surface area contributed by atoms with Crippen LogP contribution in [0.2, 0.25) is 0 Å². The highest BCUT2D eigenvalue weighted by Gasteiger charge is 2.30. The SMILES string of the molecule is CC(C)(C)C(=O)N1CCCc2cc(CCBr)ccc21. The van der Waals surface area contributed by atoms with Crippen molar-refractivity contribution in [3.8, 4) is 0 Å². The predicted octanol–water partition coefficient (Wildman–Crippen LogP) is 3.95. The molecule has 1 aliphatic rings. The summed E-state index contributed by atoms with van der Waals surface area (Å²) in [6.07, 6.45) is 3.19. The van der Waals surface area contributed by atoms with Gasteiger partial charge in [-0.2, -0.15) is 0 Å². The lowest BCUT2D eigenvalue weighted by molar-refractivity contribution is -0.125. The van der Waals surface area contributed by atoms with E-state index in [9.17, 15) is 4.79 Å². The first-order chi connectivity index (χ1) is 8.93. The molecule has 0 radical (unpaired) electrons. The van der Waals surface area contributed by atoms with Crippen LogP contribution in [0, 0.1) is 5.41 Å². The van der Waals surface area contributed by atoms with Crippen LogP contribution in [0.15, 0.2) is 18.2 Å². The summed E-state index contributed by atoms with van der Waals surface area (Å²) in [5, 5.41) is 0.983. The topological polar surface area (TPSA) is 20.3 Å². The second-order valence-corrected chi connectivity index (χ2v) is 7.01. The largest absolute Gasteiger partial charge is 0.312 e. The molecule has 1 amide bonds. The van der Waals surface area contributed by atoms with Gasteiger partial charge in [0.15, 0.2) is 0 Å². The van der Waals surface area contributed by atoms with E-state index in [0.29, 0.717) is 0 Å². The highest BCUT2D eigenvalue weighted by atomic mass is 79.9. The van der Waals surface area contributed by atoms with Gasteiger partial charge in [0.2, 0.25) is 5.91 Å². The second kappa shape index (κ2) is 5.66. The van der Waals surface area contributed by atoms with E-state index < -0.39 is 0 Å². The molecule has 2 nitrogen and oxygen atoms in total. The van der Waals surface area contributed by atoms with Crippen molar-refractivity contribution in [3.05, 3.63) is 29.3 Å². The van der Waals surface area contributed by atoms with Crippen LogP contribution in [0.1, 0.15) is 38.3 Å². The minimum Gasteiger partial charge on any atom is -0.312 e. The van der Waals surface area contributed by atoms with Gasteiger partial charge >= 0.3 is 0 Å². The number of amides is 1. The van der Waals surface area contributed by atoms with Gasteiger partial charge in [-0.25, -0.2) is 0 Å². The molecule has 0 spiro atoms. The Kier molecular flexibility index (Phi) is 4.34. The van der Waals surface area contributed by atoms with Crippen LogP contribution in [-0.2, 0) is 17.6 Å². The molecule has 0 N–H and O–H groups in total. The molecule has 1 aromatic carbocycles. The number of hydrogen-bond donors (Lipinski definition) is 0. The van der Waals surface area contributed by atoms with Crippen LogP contribution < -0.4 is 4.90 Å². The number of anilines is 1. The van der Waals surface area contributed by atoms with E-state index >= 15 is 0 Å². The summed E-state index contributed by atoms with van der Waals surface area (Å²) in [6.45, 7) is 6.81. The Bertz CT molecular complexity index is 476. The maximum absolute atomic E-state index is 12.5. The van der Waals surface area contributed by atoms with Gasteiger partial charge in [-0.05, 0) is 36.5 Å². The van der Waals surface area contributed by atoms with Crippen LogP contribution in [0.25, 0.3) is 0 Å². The van der Waals surface area contributed by atoms with Crippen LogP contribution in [0.3, 0.4) is 0 Å². The summed E-state index contributed by atoms with van der Waals surface area (Å²) >= 11 is 3.48. The number of carbonyl (C=O) groups is 1. The third-order valence-corrected chi connectivity index (χ3v) is 3.93. The number of benzene rings is 1. The standard InChI is InChI=1S/C16H22BrNO/c1-16(2,3)15(19)18-10-4-5-13-11-12(8-9-17)6-7-14(13)18/h6-7,11H,4-5,8-10H2,1-3H3. The molecule has 0 unspecified atom stereocenters. The third kappa shape index (κ3) is 3.19. The summed E-state index contributed by atoms with van der Waals surface area (Å²) < 4.78 is 0. The molecule has 0 aromatic heterocycles. The number of hydrogen-bond acceptors (Lipinski definition) is 1. The number of alkyl halides is 1. The van der Waals surface area contributed by atoms with Gasteiger partial charge in [0, 0.05) is 23.0 Å². The summed E-state index contributed by atoms with van der Waals surface area (Å²) in [6, 6.07) is 6.53. The van der Waals surface area contributed by atoms with Crippen LogP contribution in [-0.4, -0.2) is 17.8 Å². The molecule has 0 saturated carbocycles. The first kappa shape index (κ1) is 14.6. The normalized spacial score (nSPS) is 15.3. The van der Waals surface area contributed by atoms with E-state index in [1.165, 1.54) is 11.1 Å². The number of aryl methyl sites for hydroxylation is 2. The van der Waals surface area contributed by atoms with E-state index in [0.717, 1.165) is 36.8 Å². The molecule has 1 aliphatic heterocycles. The van der Waals surface area contributed by atoms with Crippen LogP contribution in [0.4, 0.5) is 5.69 Å². The van der Waals surface area contributed by atoms with E-state index in [4.69, 9.17) is 0 Å².